The Labute approximate surface area is 190 Å². The Balaban J connectivity index is 1.94. The molecule has 1 atom stereocenters. The number of halogens is 1. The van der Waals surface area contributed by atoms with Gasteiger partial charge in [0.15, 0.2) is 0 Å². The molecule has 1 aliphatic heterocycles. The number of aromatic nitrogens is 2. The van der Waals surface area contributed by atoms with E-state index in [1.54, 1.807) is 38.2 Å². The Morgan fingerprint density at radius 1 is 1.00 bits per heavy atom. The van der Waals surface area contributed by atoms with Crippen molar-refractivity contribution in [1.29, 1.82) is 0 Å². The van der Waals surface area contributed by atoms with Crippen molar-refractivity contribution in [1.82, 2.24) is 9.13 Å². The molecule has 1 unspecified atom stereocenters. The van der Waals surface area contributed by atoms with Gasteiger partial charge in [0.05, 0.1) is 11.5 Å². The van der Waals surface area contributed by atoms with Crippen molar-refractivity contribution in [3.63, 3.8) is 0 Å². The van der Waals surface area contributed by atoms with Gasteiger partial charge in [0.2, 0.25) is 0 Å². The number of aryl methyl sites for hydroxylation is 1. The highest BCUT2D eigenvalue weighted by Crippen LogP contribution is 2.40. The van der Waals surface area contributed by atoms with E-state index in [1.807, 2.05) is 31.2 Å². The van der Waals surface area contributed by atoms with Crippen LogP contribution in [-0.2, 0) is 18.9 Å². The molecule has 0 saturated heterocycles. The van der Waals surface area contributed by atoms with Gasteiger partial charge in [-0.3, -0.25) is 18.7 Å². The van der Waals surface area contributed by atoms with Crippen molar-refractivity contribution in [2.45, 2.75) is 19.8 Å². The number of benzene rings is 2. The summed E-state index contributed by atoms with van der Waals surface area (Å²) in [4.78, 5) is 39.3. The zero-order valence-electron chi connectivity index (χ0n) is 18.2. The highest BCUT2D eigenvalue weighted by Gasteiger charge is 2.36. The molecule has 2 aromatic carbocycles. The highest BCUT2D eigenvalue weighted by atomic mass is 35.5. The Bertz CT molecular complexity index is 1380. The minimum absolute atomic E-state index is 0.328. The molecule has 32 heavy (non-hydrogen) atoms. The van der Waals surface area contributed by atoms with Crippen molar-refractivity contribution in [3.8, 4) is 0 Å². The number of rotatable bonds is 3. The summed E-state index contributed by atoms with van der Waals surface area (Å²) in [7, 11) is 3.03. The normalized spacial score (nSPS) is 15.2. The monoisotopic (exact) mass is 450 g/mol. The molecule has 2 heterocycles. The van der Waals surface area contributed by atoms with Gasteiger partial charge in [0.25, 0.3) is 11.5 Å². The molecular weight excluding hydrogens is 428 g/mol. The molecule has 4 rings (SSSR count). The highest BCUT2D eigenvalue weighted by molar-refractivity contribution is 6.30. The molecule has 164 valence electrons. The Morgan fingerprint density at radius 2 is 1.66 bits per heavy atom. The van der Waals surface area contributed by atoms with Crippen LogP contribution in [0.4, 0.5) is 11.5 Å². The average Bonchev–Trinajstić information content (AvgIpc) is 2.77. The van der Waals surface area contributed by atoms with E-state index >= 15 is 0 Å². The van der Waals surface area contributed by atoms with Gasteiger partial charge in [-0.25, -0.2) is 4.79 Å². The molecule has 7 nitrogen and oxygen atoms in total. The predicted molar refractivity (Wildman–Crippen MR) is 126 cm³/mol. The molecule has 3 aromatic rings. The van der Waals surface area contributed by atoms with E-state index in [2.05, 4.69) is 10.6 Å². The summed E-state index contributed by atoms with van der Waals surface area (Å²) in [6.07, 6.45) is 0. The Hall–Kier alpha value is -3.58. The number of allylic oxidation sites excluding steroid dienone is 1. The lowest BCUT2D eigenvalue weighted by Gasteiger charge is -2.31. The minimum Gasteiger partial charge on any atom is -0.344 e. The maximum atomic E-state index is 13.5. The van der Waals surface area contributed by atoms with E-state index in [1.165, 1.54) is 11.6 Å². The number of para-hydroxylation sites is 1. The molecule has 0 fully saturated rings. The van der Waals surface area contributed by atoms with Crippen LogP contribution in [0.15, 0.2) is 69.4 Å². The smallest absolute Gasteiger partial charge is 0.332 e. The van der Waals surface area contributed by atoms with Crippen LogP contribution in [0.3, 0.4) is 0 Å². The molecule has 0 bridgehead atoms. The van der Waals surface area contributed by atoms with E-state index in [0.29, 0.717) is 33.4 Å². The second-order valence-corrected chi connectivity index (χ2v) is 8.32. The lowest BCUT2D eigenvalue weighted by Crippen LogP contribution is -2.43. The Kier molecular flexibility index (Phi) is 5.52. The minimum atomic E-state index is -0.682. The largest absolute Gasteiger partial charge is 0.344 e. The van der Waals surface area contributed by atoms with Crippen molar-refractivity contribution in [2.24, 2.45) is 14.1 Å². The van der Waals surface area contributed by atoms with Crippen LogP contribution in [0.2, 0.25) is 5.02 Å². The van der Waals surface area contributed by atoms with Gasteiger partial charge in [0, 0.05) is 36.1 Å². The predicted octanol–water partition coefficient (Wildman–Crippen LogP) is 3.52. The third-order valence-electron chi connectivity index (χ3n) is 5.83. The summed E-state index contributed by atoms with van der Waals surface area (Å²) < 4.78 is 2.44. The van der Waals surface area contributed by atoms with E-state index in [9.17, 15) is 14.4 Å². The number of hydrogen-bond donors (Lipinski definition) is 2. The molecule has 8 heteroatoms. The summed E-state index contributed by atoms with van der Waals surface area (Å²) in [5, 5.41) is 6.64. The molecular formula is C24H23ClN4O3. The number of nitrogens with one attached hydrogen (secondary N) is 2. The molecule has 0 spiro atoms. The van der Waals surface area contributed by atoms with Crippen LogP contribution in [0.25, 0.3) is 0 Å². The van der Waals surface area contributed by atoms with Crippen molar-refractivity contribution in [2.75, 3.05) is 10.6 Å². The third kappa shape index (κ3) is 3.54. The second-order valence-electron chi connectivity index (χ2n) is 7.89. The molecule has 0 aliphatic carbocycles. The van der Waals surface area contributed by atoms with E-state index in [0.717, 1.165) is 15.7 Å². The lowest BCUT2D eigenvalue weighted by atomic mass is 9.81. The van der Waals surface area contributed by atoms with E-state index in [4.69, 9.17) is 11.6 Å². The van der Waals surface area contributed by atoms with Crippen molar-refractivity contribution in [3.05, 3.63) is 102 Å². The fourth-order valence-electron chi connectivity index (χ4n) is 4.08. The van der Waals surface area contributed by atoms with Crippen LogP contribution >= 0.6 is 11.6 Å². The molecule has 2 N–H and O–H groups in total. The van der Waals surface area contributed by atoms with Gasteiger partial charge in [-0.15, -0.1) is 0 Å². The molecule has 1 aliphatic rings. The van der Waals surface area contributed by atoms with Crippen LogP contribution in [0, 0.1) is 6.92 Å². The van der Waals surface area contributed by atoms with Gasteiger partial charge < -0.3 is 10.6 Å². The van der Waals surface area contributed by atoms with Crippen molar-refractivity contribution < 1.29 is 4.79 Å². The number of carbonyl (C=O) groups is 1. The fraction of sp³-hybridized carbons (Fsp3) is 0.208. The second kappa shape index (κ2) is 8.16. The van der Waals surface area contributed by atoms with Crippen molar-refractivity contribution >= 4 is 29.0 Å². The SMILES string of the molecule is CC1=C(C(=O)Nc2ccccc2C)C(c2ccc(Cl)cc2)c2c(n(C)c(=O)n(C)c2=O)N1. The zero-order valence-corrected chi connectivity index (χ0v) is 18.9. The quantitative estimate of drug-likeness (QED) is 0.639. The van der Waals surface area contributed by atoms with Crippen LogP contribution < -0.4 is 21.9 Å². The van der Waals surface area contributed by atoms with Gasteiger partial charge in [-0.1, -0.05) is 41.9 Å². The first-order chi connectivity index (χ1) is 15.2. The maximum Gasteiger partial charge on any atom is 0.332 e. The number of fused-ring (bicyclic) bond motifs is 1. The Morgan fingerprint density at radius 3 is 2.31 bits per heavy atom. The van der Waals surface area contributed by atoms with Crippen LogP contribution in [0.5, 0.6) is 0 Å². The van der Waals surface area contributed by atoms with Crippen LogP contribution in [0.1, 0.15) is 29.5 Å². The average molecular weight is 451 g/mol. The van der Waals surface area contributed by atoms with E-state index in [-0.39, 0.29) is 5.91 Å². The number of carbonyl (C=O) groups excluding carboxylic acids is 1. The van der Waals surface area contributed by atoms with Gasteiger partial charge >= 0.3 is 5.69 Å². The first-order valence-electron chi connectivity index (χ1n) is 10.1. The first kappa shape index (κ1) is 21.6. The topological polar surface area (TPSA) is 85.1 Å². The molecule has 1 aromatic heterocycles. The van der Waals surface area contributed by atoms with Gasteiger partial charge in [0.1, 0.15) is 5.82 Å². The van der Waals surface area contributed by atoms with Crippen LogP contribution in [-0.4, -0.2) is 15.0 Å². The number of amides is 1. The fourth-order valence-corrected chi connectivity index (χ4v) is 4.21. The molecule has 1 amide bonds. The summed E-state index contributed by atoms with van der Waals surface area (Å²) in [6, 6.07) is 14.5. The molecule has 0 radical (unpaired) electrons. The first-order valence-corrected chi connectivity index (χ1v) is 10.5. The van der Waals surface area contributed by atoms with E-state index < -0.39 is 17.2 Å². The summed E-state index contributed by atoms with van der Waals surface area (Å²) in [5.41, 5.74) is 2.72. The zero-order chi connectivity index (χ0) is 23.2. The summed E-state index contributed by atoms with van der Waals surface area (Å²) in [6.45, 7) is 3.67. The number of anilines is 2. The standard InChI is InChI=1S/C24H23ClN4O3/c1-13-7-5-6-8-17(13)27-22(30)18-14(2)26-21-20(23(31)29(4)24(32)28(21)3)19(18)15-9-11-16(25)12-10-15/h5-12,19,26H,1-4H3,(H,27,30). The third-order valence-corrected chi connectivity index (χ3v) is 6.08. The summed E-state index contributed by atoms with van der Waals surface area (Å²) >= 11 is 6.09. The number of hydrogen-bond acceptors (Lipinski definition) is 4. The lowest BCUT2D eigenvalue weighted by molar-refractivity contribution is -0.113. The molecule has 0 saturated carbocycles. The summed E-state index contributed by atoms with van der Waals surface area (Å²) in [5.74, 6) is -0.633. The number of nitrogens with zero attached hydrogens (tertiary/aromatic N) is 2. The van der Waals surface area contributed by atoms with Gasteiger partial charge in [-0.05, 0) is 43.2 Å². The van der Waals surface area contributed by atoms with Gasteiger partial charge in [-0.2, -0.15) is 0 Å². The maximum absolute atomic E-state index is 13.5.